The molecule has 17 heavy (non-hydrogen) atoms. The van der Waals surface area contributed by atoms with Gasteiger partial charge < -0.3 is 5.73 Å². The van der Waals surface area contributed by atoms with Crippen LogP contribution >= 0.6 is 0 Å². The maximum absolute atomic E-state index is 11.4. The van der Waals surface area contributed by atoms with Crippen molar-refractivity contribution in [1.82, 2.24) is 14.9 Å². The molecule has 92 valence electrons. The minimum atomic E-state index is -0.147. The van der Waals surface area contributed by atoms with Crippen molar-refractivity contribution in [2.75, 3.05) is 18.8 Å². The van der Waals surface area contributed by atoms with Crippen molar-refractivity contribution in [3.05, 3.63) is 22.1 Å². The summed E-state index contributed by atoms with van der Waals surface area (Å²) in [6.45, 7) is 2.27. The smallest absolute Gasteiger partial charge is 0.252 e. The molecule has 1 saturated heterocycles. The monoisotopic (exact) mass is 234 g/mol. The summed E-state index contributed by atoms with van der Waals surface area (Å²) in [6.07, 6.45) is 4.98. The molecule has 2 aliphatic rings. The second kappa shape index (κ2) is 4.14. The van der Waals surface area contributed by atoms with Crippen molar-refractivity contribution >= 4 is 5.95 Å². The van der Waals surface area contributed by atoms with Crippen LogP contribution in [-0.2, 0) is 0 Å². The molecule has 0 aromatic carbocycles. The van der Waals surface area contributed by atoms with Crippen molar-refractivity contribution in [2.24, 2.45) is 5.92 Å². The molecule has 1 atom stereocenters. The van der Waals surface area contributed by atoms with E-state index in [-0.39, 0.29) is 11.5 Å². The fourth-order valence-electron chi connectivity index (χ4n) is 2.68. The molecule has 0 radical (unpaired) electrons. The number of nitrogens with zero attached hydrogens (tertiary/aromatic N) is 2. The molecule has 1 aliphatic carbocycles. The summed E-state index contributed by atoms with van der Waals surface area (Å²) >= 11 is 0. The Morgan fingerprint density at radius 2 is 2.29 bits per heavy atom. The van der Waals surface area contributed by atoms with Gasteiger partial charge in [-0.15, -0.1) is 0 Å². The topological polar surface area (TPSA) is 75.0 Å². The van der Waals surface area contributed by atoms with Crippen LogP contribution in [0.4, 0.5) is 5.95 Å². The first-order valence-electron chi connectivity index (χ1n) is 6.33. The van der Waals surface area contributed by atoms with E-state index in [4.69, 9.17) is 5.73 Å². The Balaban J connectivity index is 1.82. The molecule has 1 unspecified atom stereocenters. The highest BCUT2D eigenvalue weighted by atomic mass is 16.1. The zero-order chi connectivity index (χ0) is 11.8. The van der Waals surface area contributed by atoms with Gasteiger partial charge in [0.25, 0.3) is 5.56 Å². The van der Waals surface area contributed by atoms with Crippen molar-refractivity contribution in [2.45, 2.75) is 31.7 Å². The number of aromatic nitrogens is 2. The number of likely N-dealkylation sites (tertiary alicyclic amines) is 1. The zero-order valence-corrected chi connectivity index (χ0v) is 9.85. The van der Waals surface area contributed by atoms with Crippen LogP contribution in [0.15, 0.2) is 10.9 Å². The molecule has 5 heteroatoms. The Kier molecular flexibility index (Phi) is 2.63. The van der Waals surface area contributed by atoms with Crippen molar-refractivity contribution in [3.63, 3.8) is 0 Å². The van der Waals surface area contributed by atoms with Gasteiger partial charge in [-0.05, 0) is 38.1 Å². The number of nitrogens with one attached hydrogen (secondary N) is 1. The number of nitrogen functional groups attached to an aromatic ring is 1. The lowest BCUT2D eigenvalue weighted by Crippen LogP contribution is -2.27. The predicted molar refractivity (Wildman–Crippen MR) is 65.5 cm³/mol. The molecule has 1 aromatic heterocycles. The minimum absolute atomic E-state index is 0.147. The quantitative estimate of drug-likeness (QED) is 0.814. The molecule has 2 fully saturated rings. The molecule has 1 saturated carbocycles. The number of H-pyrrole nitrogens is 1. The van der Waals surface area contributed by atoms with Gasteiger partial charge in [0.2, 0.25) is 5.95 Å². The van der Waals surface area contributed by atoms with Gasteiger partial charge in [-0.1, -0.05) is 0 Å². The molecular weight excluding hydrogens is 216 g/mol. The van der Waals surface area contributed by atoms with E-state index in [1.807, 2.05) is 0 Å². The predicted octanol–water partition coefficient (Wildman–Crippen LogP) is 0.899. The lowest BCUT2D eigenvalue weighted by molar-refractivity contribution is 0.242. The summed E-state index contributed by atoms with van der Waals surface area (Å²) < 4.78 is 0. The van der Waals surface area contributed by atoms with Gasteiger partial charge in [0.05, 0.1) is 11.7 Å². The Bertz CT molecular complexity index is 466. The van der Waals surface area contributed by atoms with Crippen LogP contribution in [0.5, 0.6) is 0 Å². The van der Waals surface area contributed by atoms with Gasteiger partial charge >= 0.3 is 0 Å². The highest BCUT2D eigenvalue weighted by Gasteiger charge is 2.32. The molecule has 0 spiro atoms. The third kappa shape index (κ3) is 2.34. The Morgan fingerprint density at radius 3 is 3.00 bits per heavy atom. The van der Waals surface area contributed by atoms with E-state index >= 15 is 0 Å². The third-order valence-electron chi connectivity index (χ3n) is 3.67. The van der Waals surface area contributed by atoms with Crippen LogP contribution in [0.2, 0.25) is 0 Å². The van der Waals surface area contributed by atoms with Gasteiger partial charge in [0, 0.05) is 12.6 Å². The molecule has 2 heterocycles. The average molecular weight is 234 g/mol. The second-order valence-electron chi connectivity index (χ2n) is 5.15. The zero-order valence-electron chi connectivity index (χ0n) is 9.85. The summed E-state index contributed by atoms with van der Waals surface area (Å²) in [5.74, 6) is 1.10. The van der Waals surface area contributed by atoms with Crippen LogP contribution in [0.3, 0.4) is 0 Å². The van der Waals surface area contributed by atoms with E-state index < -0.39 is 0 Å². The van der Waals surface area contributed by atoms with E-state index in [2.05, 4.69) is 14.9 Å². The maximum atomic E-state index is 11.4. The number of anilines is 1. The van der Waals surface area contributed by atoms with Crippen LogP contribution in [0, 0.1) is 5.92 Å². The van der Waals surface area contributed by atoms with Gasteiger partial charge in [-0.2, -0.15) is 0 Å². The number of hydrogen-bond donors (Lipinski definition) is 2. The summed E-state index contributed by atoms with van der Waals surface area (Å²) in [5, 5.41) is 0. The second-order valence-corrected chi connectivity index (χ2v) is 5.15. The number of hydrogen-bond acceptors (Lipinski definition) is 4. The maximum Gasteiger partial charge on any atom is 0.252 e. The highest BCUT2D eigenvalue weighted by Crippen LogP contribution is 2.36. The Hall–Kier alpha value is -1.36. The van der Waals surface area contributed by atoms with Gasteiger partial charge in [-0.25, -0.2) is 4.98 Å². The Morgan fingerprint density at radius 1 is 1.47 bits per heavy atom. The molecule has 3 rings (SSSR count). The molecule has 3 N–H and O–H groups in total. The molecule has 0 bridgehead atoms. The minimum Gasteiger partial charge on any atom is -0.369 e. The molecular formula is C12H18N4O. The van der Waals surface area contributed by atoms with E-state index in [1.165, 1.54) is 19.3 Å². The van der Waals surface area contributed by atoms with E-state index in [0.717, 1.165) is 31.1 Å². The van der Waals surface area contributed by atoms with E-state index in [1.54, 1.807) is 6.07 Å². The summed E-state index contributed by atoms with van der Waals surface area (Å²) in [7, 11) is 0. The first-order valence-corrected chi connectivity index (χ1v) is 6.33. The van der Waals surface area contributed by atoms with Gasteiger partial charge in [0.15, 0.2) is 0 Å². The fourth-order valence-corrected chi connectivity index (χ4v) is 2.68. The summed E-state index contributed by atoms with van der Waals surface area (Å²) in [6, 6.07) is 1.88. The number of rotatable bonds is 3. The fraction of sp³-hybridized carbons (Fsp3) is 0.667. The Labute approximate surface area is 100 Å². The van der Waals surface area contributed by atoms with Gasteiger partial charge in [0.1, 0.15) is 0 Å². The number of nitrogens with two attached hydrogens (primary N) is 1. The van der Waals surface area contributed by atoms with Crippen molar-refractivity contribution < 1.29 is 0 Å². The summed E-state index contributed by atoms with van der Waals surface area (Å²) in [4.78, 5) is 20.6. The van der Waals surface area contributed by atoms with Crippen LogP contribution in [0.1, 0.15) is 37.4 Å². The normalized spacial score (nSPS) is 25.3. The average Bonchev–Trinajstić information content (AvgIpc) is 2.93. The summed E-state index contributed by atoms with van der Waals surface area (Å²) in [5.41, 5.74) is 6.29. The standard InChI is InChI=1S/C12H18N4O/c13-12-14-9(6-11(17)15-12)10-2-1-5-16(10)7-8-3-4-8/h6,8,10H,1-5,7H2,(H3,13,14,15,17). The first-order chi connectivity index (χ1) is 8.22. The van der Waals surface area contributed by atoms with Crippen LogP contribution in [0.25, 0.3) is 0 Å². The van der Waals surface area contributed by atoms with Crippen LogP contribution in [-0.4, -0.2) is 28.0 Å². The third-order valence-corrected chi connectivity index (χ3v) is 3.67. The van der Waals surface area contributed by atoms with E-state index in [0.29, 0.717) is 6.04 Å². The SMILES string of the molecule is Nc1nc(C2CCCN2CC2CC2)cc(=O)[nH]1. The first kappa shape index (κ1) is 10.8. The largest absolute Gasteiger partial charge is 0.369 e. The lowest BCUT2D eigenvalue weighted by atomic mass is 10.1. The lowest BCUT2D eigenvalue weighted by Gasteiger charge is -2.23. The van der Waals surface area contributed by atoms with Crippen LogP contribution < -0.4 is 11.3 Å². The van der Waals surface area contributed by atoms with E-state index in [9.17, 15) is 4.79 Å². The molecule has 5 nitrogen and oxygen atoms in total. The van der Waals surface area contributed by atoms with Crippen molar-refractivity contribution in [1.29, 1.82) is 0 Å². The molecule has 0 amide bonds. The molecule has 1 aromatic rings. The van der Waals surface area contributed by atoms with Crippen molar-refractivity contribution in [3.8, 4) is 0 Å². The van der Waals surface area contributed by atoms with Gasteiger partial charge in [-0.3, -0.25) is 14.7 Å². The highest BCUT2D eigenvalue weighted by molar-refractivity contribution is 5.20. The number of aromatic amines is 1. The molecule has 1 aliphatic heterocycles.